The first-order valence-corrected chi connectivity index (χ1v) is 5.34. The van der Waals surface area contributed by atoms with Gasteiger partial charge in [0.15, 0.2) is 11.5 Å². The standard InChI is InChI=1S/C14H16O3/c1-4-12(15)8-6-11-7-9-13(16-3)14(10-11)17-5-2/h4,7,9-10,12,15H,1,5H2,2-3H3. The number of hydrogen-bond acceptors (Lipinski definition) is 3. The molecular formula is C14H16O3. The second-order valence-electron chi connectivity index (χ2n) is 3.25. The van der Waals surface area contributed by atoms with Crippen molar-refractivity contribution in [3.05, 3.63) is 36.4 Å². The summed E-state index contributed by atoms with van der Waals surface area (Å²) in [6, 6.07) is 5.38. The van der Waals surface area contributed by atoms with E-state index in [1.165, 1.54) is 6.08 Å². The van der Waals surface area contributed by atoms with Crippen LogP contribution >= 0.6 is 0 Å². The molecule has 1 aromatic carbocycles. The molecule has 0 spiro atoms. The number of hydrogen-bond donors (Lipinski definition) is 1. The van der Waals surface area contributed by atoms with Crippen LogP contribution in [0.2, 0.25) is 0 Å². The van der Waals surface area contributed by atoms with E-state index in [4.69, 9.17) is 9.47 Å². The minimum atomic E-state index is -0.812. The molecule has 0 heterocycles. The Hall–Kier alpha value is -1.92. The number of methoxy groups -OCH3 is 1. The van der Waals surface area contributed by atoms with E-state index in [1.807, 2.05) is 13.0 Å². The fourth-order valence-corrected chi connectivity index (χ4v) is 1.24. The van der Waals surface area contributed by atoms with Crippen molar-refractivity contribution in [3.8, 4) is 23.3 Å². The Morgan fingerprint density at radius 1 is 1.47 bits per heavy atom. The summed E-state index contributed by atoms with van der Waals surface area (Å²) in [5, 5.41) is 9.25. The number of aliphatic hydroxyl groups excluding tert-OH is 1. The zero-order chi connectivity index (χ0) is 12.7. The molecule has 0 radical (unpaired) electrons. The van der Waals surface area contributed by atoms with Crippen LogP contribution < -0.4 is 9.47 Å². The molecule has 0 amide bonds. The molecule has 1 N–H and O–H groups in total. The molecule has 1 rings (SSSR count). The summed E-state index contributed by atoms with van der Waals surface area (Å²) < 4.78 is 10.6. The van der Waals surface area contributed by atoms with Gasteiger partial charge in [-0.15, -0.1) is 0 Å². The van der Waals surface area contributed by atoms with Crippen molar-refractivity contribution in [2.24, 2.45) is 0 Å². The zero-order valence-corrected chi connectivity index (χ0v) is 10.1. The van der Waals surface area contributed by atoms with Crippen molar-refractivity contribution in [1.29, 1.82) is 0 Å². The Morgan fingerprint density at radius 3 is 2.82 bits per heavy atom. The number of rotatable bonds is 4. The average Bonchev–Trinajstić information content (AvgIpc) is 2.36. The average molecular weight is 232 g/mol. The van der Waals surface area contributed by atoms with Crippen molar-refractivity contribution in [2.75, 3.05) is 13.7 Å². The number of aliphatic hydroxyl groups is 1. The highest BCUT2D eigenvalue weighted by molar-refractivity contribution is 5.48. The minimum absolute atomic E-state index is 0.558. The van der Waals surface area contributed by atoms with Gasteiger partial charge in [-0.3, -0.25) is 0 Å². The smallest absolute Gasteiger partial charge is 0.162 e. The van der Waals surface area contributed by atoms with E-state index in [0.717, 1.165) is 5.56 Å². The third-order valence-corrected chi connectivity index (χ3v) is 2.05. The third kappa shape index (κ3) is 3.86. The Morgan fingerprint density at radius 2 is 2.24 bits per heavy atom. The van der Waals surface area contributed by atoms with Gasteiger partial charge in [0.05, 0.1) is 13.7 Å². The molecule has 0 aliphatic heterocycles. The predicted molar refractivity (Wildman–Crippen MR) is 67.2 cm³/mol. The topological polar surface area (TPSA) is 38.7 Å². The predicted octanol–water partition coefficient (Wildman–Crippen LogP) is 1.99. The molecule has 0 aliphatic rings. The summed E-state index contributed by atoms with van der Waals surface area (Å²) in [7, 11) is 1.59. The van der Waals surface area contributed by atoms with E-state index in [0.29, 0.717) is 18.1 Å². The molecule has 0 bridgehead atoms. The highest BCUT2D eigenvalue weighted by Crippen LogP contribution is 2.27. The van der Waals surface area contributed by atoms with Crippen LogP contribution in [-0.4, -0.2) is 24.9 Å². The van der Waals surface area contributed by atoms with Gasteiger partial charge in [0, 0.05) is 5.56 Å². The van der Waals surface area contributed by atoms with Crippen molar-refractivity contribution < 1.29 is 14.6 Å². The summed E-state index contributed by atoms with van der Waals surface area (Å²) in [6.07, 6.45) is 0.563. The molecule has 90 valence electrons. The number of benzene rings is 1. The first-order valence-electron chi connectivity index (χ1n) is 5.34. The minimum Gasteiger partial charge on any atom is -0.493 e. The van der Waals surface area contributed by atoms with Crippen LogP contribution in [0.4, 0.5) is 0 Å². The molecular weight excluding hydrogens is 216 g/mol. The Bertz CT molecular complexity index is 441. The van der Waals surface area contributed by atoms with E-state index in [-0.39, 0.29) is 0 Å². The van der Waals surface area contributed by atoms with Gasteiger partial charge in [0.1, 0.15) is 6.10 Å². The monoisotopic (exact) mass is 232 g/mol. The molecule has 3 heteroatoms. The summed E-state index contributed by atoms with van der Waals surface area (Å²) in [5.74, 6) is 6.80. The molecule has 1 atom stereocenters. The lowest BCUT2D eigenvalue weighted by molar-refractivity contribution is 0.281. The lowest BCUT2D eigenvalue weighted by Gasteiger charge is -2.08. The Labute approximate surface area is 102 Å². The van der Waals surface area contributed by atoms with Crippen LogP contribution in [-0.2, 0) is 0 Å². The van der Waals surface area contributed by atoms with Crippen LogP contribution in [0.15, 0.2) is 30.9 Å². The molecule has 1 aromatic rings. The highest BCUT2D eigenvalue weighted by Gasteiger charge is 2.03. The molecule has 0 aromatic heterocycles. The van der Waals surface area contributed by atoms with E-state index >= 15 is 0 Å². The first kappa shape index (κ1) is 13.1. The quantitative estimate of drug-likeness (QED) is 0.637. The van der Waals surface area contributed by atoms with Crippen LogP contribution in [0.25, 0.3) is 0 Å². The van der Waals surface area contributed by atoms with Gasteiger partial charge < -0.3 is 14.6 Å². The maximum absolute atomic E-state index is 9.25. The normalized spacial score (nSPS) is 11.0. The second kappa shape index (κ2) is 6.62. The Kier molecular flexibility index (Phi) is 5.12. The van der Waals surface area contributed by atoms with Gasteiger partial charge in [-0.2, -0.15) is 0 Å². The molecule has 1 unspecified atom stereocenters. The fourth-order valence-electron chi connectivity index (χ4n) is 1.24. The highest BCUT2D eigenvalue weighted by atomic mass is 16.5. The van der Waals surface area contributed by atoms with E-state index in [9.17, 15) is 5.11 Å². The second-order valence-corrected chi connectivity index (χ2v) is 3.25. The first-order chi connectivity index (χ1) is 8.21. The summed E-state index contributed by atoms with van der Waals surface area (Å²) in [4.78, 5) is 0. The van der Waals surface area contributed by atoms with Crippen molar-refractivity contribution >= 4 is 0 Å². The van der Waals surface area contributed by atoms with Crippen LogP contribution in [0, 0.1) is 11.8 Å². The zero-order valence-electron chi connectivity index (χ0n) is 10.1. The van der Waals surface area contributed by atoms with Gasteiger partial charge in [0.25, 0.3) is 0 Å². The molecule has 0 saturated heterocycles. The fraction of sp³-hybridized carbons (Fsp3) is 0.286. The van der Waals surface area contributed by atoms with Crippen molar-refractivity contribution in [1.82, 2.24) is 0 Å². The maximum atomic E-state index is 9.25. The van der Waals surface area contributed by atoms with Gasteiger partial charge in [0.2, 0.25) is 0 Å². The van der Waals surface area contributed by atoms with E-state index in [1.54, 1.807) is 19.2 Å². The lowest BCUT2D eigenvalue weighted by Crippen LogP contribution is -1.97. The third-order valence-electron chi connectivity index (χ3n) is 2.05. The molecule has 0 saturated carbocycles. The van der Waals surface area contributed by atoms with Crippen LogP contribution in [0.5, 0.6) is 11.5 Å². The van der Waals surface area contributed by atoms with Gasteiger partial charge in [-0.05, 0) is 25.1 Å². The van der Waals surface area contributed by atoms with Crippen LogP contribution in [0.1, 0.15) is 12.5 Å². The SMILES string of the molecule is C=CC(O)C#Cc1ccc(OC)c(OCC)c1. The lowest BCUT2D eigenvalue weighted by atomic mass is 10.2. The molecule has 3 nitrogen and oxygen atoms in total. The summed E-state index contributed by atoms with van der Waals surface area (Å²) in [6.45, 7) is 5.91. The summed E-state index contributed by atoms with van der Waals surface area (Å²) in [5.41, 5.74) is 0.759. The Balaban J connectivity index is 2.97. The molecule has 0 fully saturated rings. The maximum Gasteiger partial charge on any atom is 0.162 e. The molecule has 0 aliphatic carbocycles. The van der Waals surface area contributed by atoms with Gasteiger partial charge in [-0.25, -0.2) is 0 Å². The van der Waals surface area contributed by atoms with Gasteiger partial charge >= 0.3 is 0 Å². The summed E-state index contributed by atoms with van der Waals surface area (Å²) >= 11 is 0. The van der Waals surface area contributed by atoms with Crippen LogP contribution in [0.3, 0.4) is 0 Å². The van der Waals surface area contributed by atoms with E-state index < -0.39 is 6.10 Å². The van der Waals surface area contributed by atoms with E-state index in [2.05, 4.69) is 18.4 Å². The largest absolute Gasteiger partial charge is 0.493 e. The van der Waals surface area contributed by atoms with Crippen molar-refractivity contribution in [2.45, 2.75) is 13.0 Å². The van der Waals surface area contributed by atoms with Crippen molar-refractivity contribution in [3.63, 3.8) is 0 Å². The molecule has 17 heavy (non-hydrogen) atoms. The van der Waals surface area contributed by atoms with Gasteiger partial charge in [-0.1, -0.05) is 24.5 Å². The number of ether oxygens (including phenoxy) is 2.